The highest BCUT2D eigenvalue weighted by atomic mass is 19.1. The van der Waals surface area contributed by atoms with E-state index in [1.54, 1.807) is 31.9 Å². The SMILES string of the molecule is Cc1cc(N(C)CC(=O)NCC(C)C)c(C(C)O)cc1F. The van der Waals surface area contributed by atoms with Gasteiger partial charge < -0.3 is 15.3 Å². The van der Waals surface area contributed by atoms with E-state index in [0.717, 1.165) is 0 Å². The molecule has 1 aromatic carbocycles. The molecule has 1 aromatic rings. The Balaban J connectivity index is 2.88. The molecule has 0 spiro atoms. The Morgan fingerprint density at radius 3 is 2.52 bits per heavy atom. The van der Waals surface area contributed by atoms with Gasteiger partial charge in [-0.25, -0.2) is 4.39 Å². The van der Waals surface area contributed by atoms with Crippen molar-refractivity contribution in [1.82, 2.24) is 5.32 Å². The van der Waals surface area contributed by atoms with E-state index in [0.29, 0.717) is 29.3 Å². The molecule has 1 atom stereocenters. The van der Waals surface area contributed by atoms with E-state index >= 15 is 0 Å². The predicted octanol–water partition coefficient (Wildman–Crippen LogP) is 2.40. The first kappa shape index (κ1) is 17.4. The van der Waals surface area contributed by atoms with Crippen LogP contribution >= 0.6 is 0 Å². The van der Waals surface area contributed by atoms with Gasteiger partial charge in [0.15, 0.2) is 0 Å². The maximum atomic E-state index is 13.6. The van der Waals surface area contributed by atoms with Gasteiger partial charge in [0.2, 0.25) is 5.91 Å². The number of hydrogen-bond donors (Lipinski definition) is 2. The molecule has 0 saturated heterocycles. The van der Waals surface area contributed by atoms with Gasteiger partial charge in [-0.05, 0) is 37.5 Å². The van der Waals surface area contributed by atoms with Gasteiger partial charge in [0.25, 0.3) is 0 Å². The molecule has 0 heterocycles. The van der Waals surface area contributed by atoms with Gasteiger partial charge in [-0.15, -0.1) is 0 Å². The predicted molar refractivity (Wildman–Crippen MR) is 82.9 cm³/mol. The minimum absolute atomic E-state index is 0.0929. The van der Waals surface area contributed by atoms with Crippen molar-refractivity contribution in [3.8, 4) is 0 Å². The fraction of sp³-hybridized carbons (Fsp3) is 0.562. The van der Waals surface area contributed by atoms with E-state index in [9.17, 15) is 14.3 Å². The molecule has 0 aliphatic carbocycles. The minimum Gasteiger partial charge on any atom is -0.389 e. The lowest BCUT2D eigenvalue weighted by Crippen LogP contribution is -2.37. The van der Waals surface area contributed by atoms with Crippen molar-refractivity contribution in [3.05, 3.63) is 29.1 Å². The van der Waals surface area contributed by atoms with E-state index in [4.69, 9.17) is 0 Å². The van der Waals surface area contributed by atoms with Crippen LogP contribution in [0, 0.1) is 18.7 Å². The van der Waals surface area contributed by atoms with Crippen LogP contribution in [0.25, 0.3) is 0 Å². The number of carbonyl (C=O) groups excluding carboxylic acids is 1. The standard InChI is InChI=1S/C16H25FN2O2/c1-10(2)8-18-16(21)9-19(5)15-6-11(3)14(17)7-13(15)12(4)20/h6-7,10,12,20H,8-9H2,1-5H3,(H,18,21). The molecule has 0 fully saturated rings. The lowest BCUT2D eigenvalue weighted by atomic mass is 10.0. The number of likely N-dealkylation sites (N-methyl/N-ethyl adjacent to an activating group) is 1. The van der Waals surface area contributed by atoms with Gasteiger partial charge in [-0.1, -0.05) is 13.8 Å². The number of rotatable bonds is 6. The number of nitrogens with zero attached hydrogens (tertiary/aromatic N) is 1. The zero-order chi connectivity index (χ0) is 16.2. The third-order valence-corrected chi connectivity index (χ3v) is 3.26. The molecule has 0 bridgehead atoms. The summed E-state index contributed by atoms with van der Waals surface area (Å²) in [5.74, 6) is -0.0580. The molecular weight excluding hydrogens is 271 g/mol. The van der Waals surface area contributed by atoms with Crippen LogP contribution in [-0.2, 0) is 4.79 Å². The lowest BCUT2D eigenvalue weighted by molar-refractivity contribution is -0.119. The first-order chi connectivity index (χ1) is 9.72. The number of aliphatic hydroxyl groups is 1. The van der Waals surface area contributed by atoms with Crippen LogP contribution in [0.2, 0.25) is 0 Å². The van der Waals surface area contributed by atoms with E-state index in [-0.39, 0.29) is 18.3 Å². The summed E-state index contributed by atoms with van der Waals surface area (Å²) in [6.07, 6.45) is -0.795. The second kappa shape index (κ2) is 7.41. The van der Waals surface area contributed by atoms with Crippen LogP contribution in [0.15, 0.2) is 12.1 Å². The molecule has 1 rings (SSSR count). The van der Waals surface area contributed by atoms with Crippen LogP contribution in [0.5, 0.6) is 0 Å². The summed E-state index contributed by atoms with van der Waals surface area (Å²) in [6.45, 7) is 8.09. The van der Waals surface area contributed by atoms with Gasteiger partial charge in [-0.2, -0.15) is 0 Å². The fourth-order valence-electron chi connectivity index (χ4n) is 2.02. The molecule has 5 heteroatoms. The Labute approximate surface area is 126 Å². The van der Waals surface area contributed by atoms with Crippen LogP contribution in [0.1, 0.15) is 38.0 Å². The zero-order valence-corrected chi connectivity index (χ0v) is 13.4. The van der Waals surface area contributed by atoms with E-state index in [2.05, 4.69) is 5.32 Å². The molecule has 118 valence electrons. The molecule has 2 N–H and O–H groups in total. The van der Waals surface area contributed by atoms with E-state index in [1.807, 2.05) is 13.8 Å². The molecule has 0 aromatic heterocycles. The molecule has 21 heavy (non-hydrogen) atoms. The van der Waals surface area contributed by atoms with Crippen LogP contribution in [-0.4, -0.2) is 31.2 Å². The Morgan fingerprint density at radius 2 is 2.00 bits per heavy atom. The van der Waals surface area contributed by atoms with Gasteiger partial charge in [0.05, 0.1) is 12.6 Å². The van der Waals surface area contributed by atoms with Crippen molar-refractivity contribution in [2.45, 2.75) is 33.8 Å². The first-order valence-corrected chi connectivity index (χ1v) is 7.18. The normalized spacial score (nSPS) is 12.4. The minimum atomic E-state index is -0.795. The molecule has 1 unspecified atom stereocenters. The quantitative estimate of drug-likeness (QED) is 0.847. The van der Waals surface area contributed by atoms with Crippen LogP contribution in [0.3, 0.4) is 0 Å². The third-order valence-electron chi connectivity index (χ3n) is 3.26. The lowest BCUT2D eigenvalue weighted by Gasteiger charge is -2.24. The summed E-state index contributed by atoms with van der Waals surface area (Å²) in [5.41, 5.74) is 1.64. The Hall–Kier alpha value is -1.62. The largest absolute Gasteiger partial charge is 0.389 e. The first-order valence-electron chi connectivity index (χ1n) is 7.18. The van der Waals surface area contributed by atoms with Gasteiger partial charge in [0.1, 0.15) is 5.82 Å². The Morgan fingerprint density at radius 1 is 1.38 bits per heavy atom. The number of benzene rings is 1. The molecule has 0 radical (unpaired) electrons. The van der Waals surface area contributed by atoms with Crippen molar-refractivity contribution >= 4 is 11.6 Å². The van der Waals surface area contributed by atoms with Crippen molar-refractivity contribution < 1.29 is 14.3 Å². The van der Waals surface area contributed by atoms with Crippen molar-refractivity contribution in [1.29, 1.82) is 0 Å². The maximum absolute atomic E-state index is 13.6. The smallest absolute Gasteiger partial charge is 0.239 e. The Bertz CT molecular complexity index is 501. The average molecular weight is 296 g/mol. The number of aryl methyl sites for hydroxylation is 1. The number of carbonyl (C=O) groups is 1. The van der Waals surface area contributed by atoms with Gasteiger partial charge in [-0.3, -0.25) is 4.79 Å². The number of aliphatic hydroxyl groups excluding tert-OH is 1. The topological polar surface area (TPSA) is 52.6 Å². The number of hydrogen-bond acceptors (Lipinski definition) is 3. The van der Waals surface area contributed by atoms with Crippen molar-refractivity contribution in [2.75, 3.05) is 25.0 Å². The van der Waals surface area contributed by atoms with Crippen molar-refractivity contribution in [2.24, 2.45) is 5.92 Å². The number of amides is 1. The monoisotopic (exact) mass is 296 g/mol. The van der Waals surface area contributed by atoms with Crippen LogP contribution in [0.4, 0.5) is 10.1 Å². The second-order valence-corrected chi connectivity index (χ2v) is 5.89. The van der Waals surface area contributed by atoms with Gasteiger partial charge in [0, 0.05) is 24.8 Å². The average Bonchev–Trinajstić information content (AvgIpc) is 2.38. The molecule has 4 nitrogen and oxygen atoms in total. The maximum Gasteiger partial charge on any atom is 0.239 e. The number of anilines is 1. The summed E-state index contributed by atoms with van der Waals surface area (Å²) in [7, 11) is 1.76. The molecule has 0 aliphatic rings. The molecule has 1 amide bonds. The van der Waals surface area contributed by atoms with Crippen molar-refractivity contribution in [3.63, 3.8) is 0 Å². The summed E-state index contributed by atoms with van der Waals surface area (Å²) >= 11 is 0. The highest BCUT2D eigenvalue weighted by Gasteiger charge is 2.16. The van der Waals surface area contributed by atoms with E-state index < -0.39 is 6.10 Å². The zero-order valence-electron chi connectivity index (χ0n) is 13.4. The summed E-state index contributed by atoms with van der Waals surface area (Å²) < 4.78 is 13.6. The molecule has 0 aliphatic heterocycles. The summed E-state index contributed by atoms with van der Waals surface area (Å²) in [4.78, 5) is 13.6. The van der Waals surface area contributed by atoms with Crippen LogP contribution < -0.4 is 10.2 Å². The second-order valence-electron chi connectivity index (χ2n) is 5.89. The number of nitrogens with one attached hydrogen (secondary N) is 1. The summed E-state index contributed by atoms with van der Waals surface area (Å²) in [6, 6.07) is 2.99. The highest BCUT2D eigenvalue weighted by molar-refractivity contribution is 5.81. The fourth-order valence-corrected chi connectivity index (χ4v) is 2.02. The molecule has 0 saturated carbocycles. The number of halogens is 1. The highest BCUT2D eigenvalue weighted by Crippen LogP contribution is 2.28. The Kier molecular flexibility index (Phi) is 6.15. The molecular formula is C16H25FN2O2. The summed E-state index contributed by atoms with van der Waals surface area (Å²) in [5, 5.41) is 12.6. The van der Waals surface area contributed by atoms with Gasteiger partial charge >= 0.3 is 0 Å². The van der Waals surface area contributed by atoms with E-state index in [1.165, 1.54) is 6.07 Å². The third kappa shape index (κ3) is 5.01.